The van der Waals surface area contributed by atoms with Gasteiger partial charge in [0.15, 0.2) is 0 Å². The van der Waals surface area contributed by atoms with Gasteiger partial charge in [-0.05, 0) is 35.4 Å². The fourth-order valence-corrected chi connectivity index (χ4v) is 1.91. The zero-order valence-corrected chi connectivity index (χ0v) is 10.8. The highest BCUT2D eigenvalue weighted by atomic mass is 19.4. The molecule has 0 spiro atoms. The van der Waals surface area contributed by atoms with Crippen LogP contribution >= 0.6 is 0 Å². The first kappa shape index (κ1) is 15.9. The van der Waals surface area contributed by atoms with Gasteiger partial charge in [0.25, 0.3) is 0 Å². The molecule has 0 heterocycles. The van der Waals surface area contributed by atoms with E-state index in [9.17, 15) is 26.3 Å². The molecule has 0 aromatic heterocycles. The SMILES string of the molecule is N#Cc1ccc(-c2ccc(C(F)(F)F)cc2)cc1C(F)(F)F. The minimum absolute atomic E-state index is 0.0834. The van der Waals surface area contributed by atoms with Gasteiger partial charge in [-0.3, -0.25) is 0 Å². The molecule has 0 amide bonds. The molecule has 0 unspecified atom stereocenters. The summed E-state index contributed by atoms with van der Waals surface area (Å²) in [6.45, 7) is 0. The number of rotatable bonds is 1. The van der Waals surface area contributed by atoms with Crippen LogP contribution in [0.5, 0.6) is 0 Å². The summed E-state index contributed by atoms with van der Waals surface area (Å²) in [5.41, 5.74) is -2.26. The topological polar surface area (TPSA) is 23.8 Å². The molecule has 0 bridgehead atoms. The van der Waals surface area contributed by atoms with Crippen molar-refractivity contribution in [1.82, 2.24) is 0 Å². The van der Waals surface area contributed by atoms with Crippen LogP contribution in [0.4, 0.5) is 26.3 Å². The Kier molecular flexibility index (Phi) is 3.88. The molecule has 0 saturated carbocycles. The molecule has 0 aliphatic rings. The van der Waals surface area contributed by atoms with Gasteiger partial charge in [0.1, 0.15) is 0 Å². The molecule has 2 aromatic carbocycles. The van der Waals surface area contributed by atoms with E-state index in [4.69, 9.17) is 5.26 Å². The Balaban J connectivity index is 2.48. The summed E-state index contributed by atoms with van der Waals surface area (Å²) in [4.78, 5) is 0. The van der Waals surface area contributed by atoms with Crippen molar-refractivity contribution in [3.05, 3.63) is 59.2 Å². The van der Waals surface area contributed by atoms with Gasteiger partial charge < -0.3 is 0 Å². The zero-order valence-electron chi connectivity index (χ0n) is 10.8. The maximum Gasteiger partial charge on any atom is 0.417 e. The molecule has 2 rings (SSSR count). The van der Waals surface area contributed by atoms with E-state index in [1.807, 2.05) is 0 Å². The van der Waals surface area contributed by atoms with Crippen molar-refractivity contribution >= 4 is 0 Å². The number of halogens is 6. The van der Waals surface area contributed by atoms with Crippen molar-refractivity contribution in [3.63, 3.8) is 0 Å². The van der Waals surface area contributed by atoms with Crippen LogP contribution in [0.15, 0.2) is 42.5 Å². The van der Waals surface area contributed by atoms with Crippen LogP contribution < -0.4 is 0 Å². The van der Waals surface area contributed by atoms with Gasteiger partial charge in [0.2, 0.25) is 0 Å². The van der Waals surface area contributed by atoms with Gasteiger partial charge in [-0.1, -0.05) is 18.2 Å². The normalized spacial score (nSPS) is 12.0. The molecule has 0 saturated heterocycles. The summed E-state index contributed by atoms with van der Waals surface area (Å²) in [6, 6.07) is 8.21. The van der Waals surface area contributed by atoms with Gasteiger partial charge in [-0.25, -0.2) is 0 Å². The molecule has 0 aliphatic carbocycles. The quantitative estimate of drug-likeness (QED) is 0.658. The molecule has 0 radical (unpaired) electrons. The smallest absolute Gasteiger partial charge is 0.192 e. The molecule has 7 heteroatoms. The summed E-state index contributed by atoms with van der Waals surface area (Å²) in [5, 5.41) is 8.69. The third-order valence-corrected chi connectivity index (χ3v) is 2.99. The van der Waals surface area contributed by atoms with Crippen molar-refractivity contribution in [2.45, 2.75) is 12.4 Å². The highest BCUT2D eigenvalue weighted by Crippen LogP contribution is 2.35. The first-order valence-electron chi connectivity index (χ1n) is 5.92. The predicted molar refractivity (Wildman–Crippen MR) is 66.6 cm³/mol. The number of hydrogen-bond acceptors (Lipinski definition) is 1. The van der Waals surface area contributed by atoms with E-state index in [1.165, 1.54) is 12.1 Å². The van der Waals surface area contributed by atoms with Crippen LogP contribution in [0, 0.1) is 11.3 Å². The largest absolute Gasteiger partial charge is 0.417 e. The highest BCUT2D eigenvalue weighted by molar-refractivity contribution is 5.66. The monoisotopic (exact) mass is 315 g/mol. The lowest BCUT2D eigenvalue weighted by Crippen LogP contribution is -2.08. The predicted octanol–water partition coefficient (Wildman–Crippen LogP) is 5.26. The van der Waals surface area contributed by atoms with Crippen LogP contribution in [0.25, 0.3) is 11.1 Å². The van der Waals surface area contributed by atoms with Crippen LogP contribution in [-0.4, -0.2) is 0 Å². The van der Waals surface area contributed by atoms with Crippen molar-refractivity contribution < 1.29 is 26.3 Å². The van der Waals surface area contributed by atoms with Gasteiger partial charge in [-0.2, -0.15) is 31.6 Å². The van der Waals surface area contributed by atoms with E-state index in [0.29, 0.717) is 0 Å². The summed E-state index contributed by atoms with van der Waals surface area (Å²) in [6.07, 6.45) is -9.23. The van der Waals surface area contributed by atoms with Crippen molar-refractivity contribution in [2.75, 3.05) is 0 Å². The van der Waals surface area contributed by atoms with Crippen LogP contribution in [0.3, 0.4) is 0 Å². The second-order valence-corrected chi connectivity index (χ2v) is 4.45. The highest BCUT2D eigenvalue weighted by Gasteiger charge is 2.34. The molecule has 0 aliphatic heterocycles. The molecular weight excluding hydrogens is 308 g/mol. The van der Waals surface area contributed by atoms with E-state index >= 15 is 0 Å². The van der Waals surface area contributed by atoms with Gasteiger partial charge >= 0.3 is 12.4 Å². The second kappa shape index (κ2) is 5.37. The Bertz CT molecular complexity index is 720. The van der Waals surface area contributed by atoms with Crippen LogP contribution in [0.1, 0.15) is 16.7 Å². The first-order chi connectivity index (χ1) is 10.1. The summed E-state index contributed by atoms with van der Waals surface area (Å²) >= 11 is 0. The maximum atomic E-state index is 12.9. The fourth-order valence-electron chi connectivity index (χ4n) is 1.91. The van der Waals surface area contributed by atoms with Crippen molar-refractivity contribution in [3.8, 4) is 17.2 Å². The van der Waals surface area contributed by atoms with E-state index in [-0.39, 0.29) is 11.1 Å². The van der Waals surface area contributed by atoms with Crippen LogP contribution in [-0.2, 0) is 12.4 Å². The average molecular weight is 315 g/mol. The molecule has 1 nitrogen and oxygen atoms in total. The molecule has 0 atom stereocenters. The summed E-state index contributed by atoms with van der Waals surface area (Å²) in [7, 11) is 0. The number of hydrogen-bond donors (Lipinski definition) is 0. The first-order valence-corrected chi connectivity index (χ1v) is 5.92. The van der Waals surface area contributed by atoms with E-state index in [0.717, 1.165) is 36.4 Å². The van der Waals surface area contributed by atoms with Crippen LogP contribution in [0.2, 0.25) is 0 Å². The third kappa shape index (κ3) is 3.22. The lowest BCUT2D eigenvalue weighted by molar-refractivity contribution is -0.138. The average Bonchev–Trinajstić information content (AvgIpc) is 2.45. The second-order valence-electron chi connectivity index (χ2n) is 4.45. The van der Waals surface area contributed by atoms with Crippen molar-refractivity contribution in [1.29, 1.82) is 5.26 Å². The molecule has 22 heavy (non-hydrogen) atoms. The summed E-state index contributed by atoms with van der Waals surface area (Å²) < 4.78 is 75.9. The Labute approximate surface area is 121 Å². The number of nitriles is 1. The van der Waals surface area contributed by atoms with E-state index in [2.05, 4.69) is 0 Å². The minimum Gasteiger partial charge on any atom is -0.192 e. The van der Waals surface area contributed by atoms with Gasteiger partial charge in [0, 0.05) is 0 Å². The molecule has 0 N–H and O–H groups in total. The van der Waals surface area contributed by atoms with Gasteiger partial charge in [0.05, 0.1) is 22.8 Å². The molecular formula is C15H7F6N. The minimum atomic E-state index is -4.72. The van der Waals surface area contributed by atoms with Crippen molar-refractivity contribution in [2.24, 2.45) is 0 Å². The Morgan fingerprint density at radius 2 is 1.27 bits per heavy atom. The van der Waals surface area contributed by atoms with E-state index < -0.39 is 29.0 Å². The number of benzene rings is 2. The Morgan fingerprint density at radius 1 is 0.727 bits per heavy atom. The zero-order chi connectivity index (χ0) is 16.5. The molecule has 2 aromatic rings. The lowest BCUT2D eigenvalue weighted by atomic mass is 9.98. The standard InChI is InChI=1S/C15H7F6N/c16-14(17,18)12-5-3-9(4-6-12)10-1-2-11(8-22)13(7-10)15(19,20)21/h1-7H. The molecule has 0 fully saturated rings. The van der Waals surface area contributed by atoms with E-state index in [1.54, 1.807) is 0 Å². The maximum absolute atomic E-state index is 12.9. The number of nitrogens with zero attached hydrogens (tertiary/aromatic N) is 1. The Hall–Kier alpha value is -2.49. The molecule has 114 valence electrons. The Morgan fingerprint density at radius 3 is 1.73 bits per heavy atom. The lowest BCUT2D eigenvalue weighted by Gasteiger charge is -2.12. The summed E-state index contributed by atoms with van der Waals surface area (Å²) in [5.74, 6) is 0. The van der Waals surface area contributed by atoms with Gasteiger partial charge in [-0.15, -0.1) is 0 Å². The fraction of sp³-hybridized carbons (Fsp3) is 0.133. The third-order valence-electron chi connectivity index (χ3n) is 2.99. The number of alkyl halides is 6.